The van der Waals surface area contributed by atoms with Crippen molar-refractivity contribution in [2.45, 2.75) is 62.7 Å². The Morgan fingerprint density at radius 3 is 1.85 bits per heavy atom. The molecule has 1 aromatic heterocycles. The maximum Gasteiger partial charge on any atom is 1.00 e. The molecule has 47 heavy (non-hydrogen) atoms. The van der Waals surface area contributed by atoms with Crippen molar-refractivity contribution in [2.24, 2.45) is 5.14 Å². The van der Waals surface area contributed by atoms with Crippen LogP contribution in [0.1, 0.15) is 56.8 Å². The van der Waals surface area contributed by atoms with Crippen LogP contribution in [0.25, 0.3) is 22.3 Å². The van der Waals surface area contributed by atoms with E-state index in [1.165, 1.54) is 60.7 Å². The minimum atomic E-state index is -3.97. The molecule has 1 amide bonds. The summed E-state index contributed by atoms with van der Waals surface area (Å²) in [6.45, 7) is 3.69. The zero-order valence-corrected chi connectivity index (χ0v) is 29.0. The van der Waals surface area contributed by atoms with E-state index in [4.69, 9.17) is 10.2 Å². The number of aliphatic hydroxyl groups is 2. The van der Waals surface area contributed by atoms with Crippen LogP contribution < -0.4 is 40.0 Å². The van der Waals surface area contributed by atoms with Crippen LogP contribution in [0.15, 0.2) is 77.7 Å². The number of rotatable bonds is 13. The fraction of sp³-hybridized carbons (Fsp3) is 0.273. The first-order chi connectivity index (χ1) is 21.6. The van der Waals surface area contributed by atoms with Crippen LogP contribution >= 0.6 is 0 Å². The summed E-state index contributed by atoms with van der Waals surface area (Å²) in [6.07, 6.45) is -2.82. The molecule has 6 N–H and O–H groups in total. The topological polar surface area (TPSA) is 172 Å². The van der Waals surface area contributed by atoms with E-state index in [9.17, 15) is 37.0 Å². The first kappa shape index (κ1) is 38.0. The fourth-order valence-electron chi connectivity index (χ4n) is 5.44. The number of anilines is 1. The summed E-state index contributed by atoms with van der Waals surface area (Å²) < 4.78 is 53.4. The Kier molecular flexibility index (Phi) is 13.0. The molecule has 2 atom stereocenters. The molecule has 3 aromatic carbocycles. The first-order valence-electron chi connectivity index (χ1n) is 14.5. The van der Waals surface area contributed by atoms with Crippen LogP contribution in [0.4, 0.5) is 14.5 Å². The third kappa shape index (κ3) is 9.57. The van der Waals surface area contributed by atoms with Crippen molar-refractivity contribution in [3.8, 4) is 22.3 Å². The minimum absolute atomic E-state index is 0. The van der Waals surface area contributed by atoms with E-state index in [0.717, 1.165) is 0 Å². The summed E-state index contributed by atoms with van der Waals surface area (Å²) in [5.41, 5.74) is 3.00. The number of nitrogens with one attached hydrogen (secondary N) is 1. The summed E-state index contributed by atoms with van der Waals surface area (Å²) in [4.78, 5) is 25.0. The van der Waals surface area contributed by atoms with Gasteiger partial charge in [-0.1, -0.05) is 24.3 Å². The van der Waals surface area contributed by atoms with Gasteiger partial charge in [0.15, 0.2) is 0 Å². The van der Waals surface area contributed by atoms with Crippen LogP contribution in [0.2, 0.25) is 0 Å². The van der Waals surface area contributed by atoms with Crippen molar-refractivity contribution >= 4 is 27.6 Å². The number of aliphatic carboxylic acids is 1. The van der Waals surface area contributed by atoms with E-state index in [-0.39, 0.29) is 72.6 Å². The second-order valence-electron chi connectivity index (χ2n) is 11.2. The Balaban J connectivity index is 0.00000400. The van der Waals surface area contributed by atoms with E-state index in [1.54, 1.807) is 16.7 Å². The van der Waals surface area contributed by atoms with Gasteiger partial charge in [0.25, 0.3) is 5.91 Å². The molecular formula is C33H36F2N3NaO7S. The zero-order valence-electron chi connectivity index (χ0n) is 27.2. The Hall–Kier alpha value is -3.43. The number of primary sulfonamides is 1. The average molecular weight is 680 g/mol. The average Bonchev–Trinajstić information content (AvgIpc) is 3.32. The predicted octanol–water partition coefficient (Wildman–Crippen LogP) is 2.22. The van der Waals surface area contributed by atoms with Crippen LogP contribution in [-0.2, 0) is 21.2 Å². The van der Waals surface area contributed by atoms with Crippen molar-refractivity contribution in [3.63, 3.8) is 0 Å². The van der Waals surface area contributed by atoms with Crippen molar-refractivity contribution in [2.75, 3.05) is 5.32 Å². The Morgan fingerprint density at radius 2 is 1.38 bits per heavy atom. The van der Waals surface area contributed by atoms with Crippen LogP contribution in [-0.4, -0.2) is 52.4 Å². The Morgan fingerprint density at radius 1 is 0.872 bits per heavy atom. The van der Waals surface area contributed by atoms with E-state index >= 15 is 0 Å². The van der Waals surface area contributed by atoms with Gasteiger partial charge in [-0.2, -0.15) is 0 Å². The number of carbonyl (C=O) groups excluding carboxylic acids is 1. The molecule has 0 aliphatic heterocycles. The molecule has 0 fully saturated rings. The van der Waals surface area contributed by atoms with Gasteiger partial charge in [-0.3, -0.25) is 9.59 Å². The van der Waals surface area contributed by atoms with Crippen molar-refractivity contribution in [1.82, 2.24) is 4.57 Å². The quantitative estimate of drug-likeness (QED) is 0.135. The third-order valence-corrected chi connectivity index (χ3v) is 8.34. The number of benzene rings is 3. The summed E-state index contributed by atoms with van der Waals surface area (Å²) in [5.74, 6) is -2.77. The Bertz CT molecular complexity index is 1820. The molecule has 0 unspecified atom stereocenters. The van der Waals surface area contributed by atoms with Crippen LogP contribution in [0.5, 0.6) is 0 Å². The van der Waals surface area contributed by atoms with Crippen LogP contribution in [0.3, 0.4) is 0 Å². The molecular weight excluding hydrogens is 643 g/mol. The second kappa shape index (κ2) is 16.1. The molecule has 10 nitrogen and oxygen atoms in total. The van der Waals surface area contributed by atoms with Crippen LogP contribution in [0, 0.1) is 11.6 Å². The number of carboxylic acid groups (broad SMARTS) is 1. The molecule has 0 aliphatic rings. The van der Waals surface area contributed by atoms with Gasteiger partial charge in [0, 0.05) is 28.6 Å². The maximum absolute atomic E-state index is 14.2. The van der Waals surface area contributed by atoms with E-state index < -0.39 is 52.2 Å². The van der Waals surface area contributed by atoms with Gasteiger partial charge in [-0.25, -0.2) is 22.3 Å². The predicted molar refractivity (Wildman–Crippen MR) is 170 cm³/mol. The SMILES string of the molecule is CC(C)n1c(CC[C@@H](O)C[C@@H](O)CC(=O)O)c(-c2ccc(F)cc2)c(-c2ccc(F)cc2)c1C(=O)Nc1ccc(S(N)(=O)=O)cc1.[H-].[Na+]. The molecule has 1 heterocycles. The monoisotopic (exact) mass is 679 g/mol. The normalized spacial score (nSPS) is 12.8. The smallest absolute Gasteiger partial charge is 1.00 e. The number of sulfonamides is 1. The van der Waals surface area contributed by atoms with Gasteiger partial charge in [0.1, 0.15) is 17.3 Å². The standard InChI is InChI=1S/C33H35F2N3O7S.Na.H/c1-19(2)38-28(16-13-25(39)17-26(40)18-29(41)42)30(20-3-7-22(34)8-4-20)31(21-5-9-23(35)10-6-21)32(38)33(43)37-24-11-14-27(15-12-24)46(36,44)45;;/h3-12,14-15,19,25-26,39-40H,13,16-18H2,1-2H3,(H,37,43)(H,41,42)(H2,36,44,45);;/q;+1;-1/t25-,26-;;/m1../s1. The number of halogens is 2. The molecule has 0 radical (unpaired) electrons. The van der Waals surface area contributed by atoms with Gasteiger partial charge in [-0.15, -0.1) is 0 Å². The summed E-state index contributed by atoms with van der Waals surface area (Å²) in [5, 5.41) is 37.8. The van der Waals surface area contributed by atoms with E-state index in [1.807, 2.05) is 13.8 Å². The van der Waals surface area contributed by atoms with Gasteiger partial charge >= 0.3 is 35.5 Å². The number of nitrogens with zero attached hydrogens (tertiary/aromatic N) is 1. The minimum Gasteiger partial charge on any atom is -1.00 e. The summed E-state index contributed by atoms with van der Waals surface area (Å²) >= 11 is 0. The van der Waals surface area contributed by atoms with Crippen molar-refractivity contribution < 1.29 is 73.1 Å². The number of hydrogen-bond acceptors (Lipinski definition) is 6. The molecule has 0 bridgehead atoms. The number of carbonyl (C=O) groups is 2. The largest absolute Gasteiger partial charge is 1.00 e. The van der Waals surface area contributed by atoms with E-state index in [0.29, 0.717) is 27.9 Å². The first-order valence-corrected chi connectivity index (χ1v) is 16.0. The number of amides is 1. The second-order valence-corrected chi connectivity index (χ2v) is 12.8. The van der Waals surface area contributed by atoms with Gasteiger partial charge in [-0.05, 0) is 92.8 Å². The molecule has 0 saturated heterocycles. The van der Waals surface area contributed by atoms with E-state index in [2.05, 4.69) is 5.32 Å². The molecule has 246 valence electrons. The summed E-state index contributed by atoms with van der Waals surface area (Å²) in [7, 11) is -3.97. The van der Waals surface area contributed by atoms with Gasteiger partial charge in [0.05, 0.1) is 23.5 Å². The molecule has 4 rings (SSSR count). The molecule has 14 heteroatoms. The van der Waals surface area contributed by atoms with Crippen molar-refractivity contribution in [3.05, 3.63) is 95.8 Å². The van der Waals surface area contributed by atoms with Gasteiger partial charge < -0.3 is 26.6 Å². The molecule has 4 aromatic rings. The number of aliphatic hydroxyl groups excluding tert-OH is 2. The molecule has 0 spiro atoms. The summed E-state index contributed by atoms with van der Waals surface area (Å²) in [6, 6.07) is 16.1. The molecule has 0 saturated carbocycles. The maximum atomic E-state index is 14.2. The number of aromatic nitrogens is 1. The number of carboxylic acids is 1. The fourth-order valence-corrected chi connectivity index (χ4v) is 5.96. The number of hydrogen-bond donors (Lipinski definition) is 5. The van der Waals surface area contributed by atoms with Crippen molar-refractivity contribution in [1.29, 1.82) is 0 Å². The third-order valence-electron chi connectivity index (χ3n) is 7.41. The number of nitrogens with two attached hydrogens (primary N) is 1. The zero-order chi connectivity index (χ0) is 33.8. The Labute approximate surface area is 295 Å². The van der Waals surface area contributed by atoms with Gasteiger partial charge in [0.2, 0.25) is 10.0 Å². The molecule has 0 aliphatic carbocycles.